The van der Waals surface area contributed by atoms with Crippen LogP contribution in [0.15, 0.2) is 66.9 Å². The molecule has 2 N–H and O–H groups in total. The van der Waals surface area contributed by atoms with Crippen molar-refractivity contribution < 1.29 is 9.53 Å². The van der Waals surface area contributed by atoms with E-state index in [0.29, 0.717) is 34.4 Å². The molecular formula is C22H22ClN3O2. The third-order valence-electron chi connectivity index (χ3n) is 3.94. The van der Waals surface area contributed by atoms with Crippen LogP contribution in [0.1, 0.15) is 29.8 Å². The first-order valence-electron chi connectivity index (χ1n) is 9.03. The molecule has 0 atom stereocenters. The number of para-hydroxylation sites is 2. The summed E-state index contributed by atoms with van der Waals surface area (Å²) in [6.07, 6.45) is 1.55. The topological polar surface area (TPSA) is 63.2 Å². The lowest BCUT2D eigenvalue weighted by molar-refractivity contribution is 0.102. The third kappa shape index (κ3) is 5.24. The van der Waals surface area contributed by atoms with Gasteiger partial charge in [0.25, 0.3) is 5.91 Å². The number of pyridine rings is 1. The smallest absolute Gasteiger partial charge is 0.257 e. The molecule has 0 spiro atoms. The van der Waals surface area contributed by atoms with E-state index in [1.807, 2.05) is 62.4 Å². The van der Waals surface area contributed by atoms with Crippen LogP contribution in [-0.2, 0) is 6.54 Å². The second-order valence-corrected chi connectivity index (χ2v) is 6.90. The highest BCUT2D eigenvalue weighted by Gasteiger charge is 2.11. The van der Waals surface area contributed by atoms with Gasteiger partial charge < -0.3 is 15.4 Å². The number of nitrogens with one attached hydrogen (secondary N) is 2. The highest BCUT2D eigenvalue weighted by molar-refractivity contribution is 6.31. The molecule has 0 unspecified atom stereocenters. The first kappa shape index (κ1) is 19.7. The van der Waals surface area contributed by atoms with E-state index in [-0.39, 0.29) is 12.0 Å². The summed E-state index contributed by atoms with van der Waals surface area (Å²) in [6.45, 7) is 4.44. The molecule has 0 bridgehead atoms. The number of rotatable bonds is 7. The number of carbonyl (C=O) groups excluding carboxylic acids is 1. The van der Waals surface area contributed by atoms with Crippen LogP contribution in [0.25, 0.3) is 0 Å². The normalized spacial score (nSPS) is 10.6. The van der Waals surface area contributed by atoms with Crippen LogP contribution in [0.5, 0.6) is 5.75 Å². The van der Waals surface area contributed by atoms with Crippen molar-refractivity contribution in [2.75, 3.05) is 10.6 Å². The Morgan fingerprint density at radius 2 is 1.82 bits per heavy atom. The predicted molar refractivity (Wildman–Crippen MR) is 113 cm³/mol. The highest BCUT2D eigenvalue weighted by Crippen LogP contribution is 2.25. The van der Waals surface area contributed by atoms with Crippen LogP contribution in [-0.4, -0.2) is 17.0 Å². The lowest BCUT2D eigenvalue weighted by Gasteiger charge is -2.14. The molecule has 0 saturated carbocycles. The lowest BCUT2D eigenvalue weighted by Crippen LogP contribution is -2.15. The van der Waals surface area contributed by atoms with Crippen molar-refractivity contribution in [3.05, 3.63) is 83.0 Å². The van der Waals surface area contributed by atoms with Crippen LogP contribution in [0.4, 0.5) is 11.5 Å². The van der Waals surface area contributed by atoms with Gasteiger partial charge in [-0.3, -0.25) is 4.79 Å². The molecule has 1 heterocycles. The fourth-order valence-electron chi connectivity index (χ4n) is 2.58. The second-order valence-electron chi connectivity index (χ2n) is 6.49. The van der Waals surface area contributed by atoms with Crippen molar-refractivity contribution >= 4 is 29.0 Å². The van der Waals surface area contributed by atoms with Crippen LogP contribution in [0.2, 0.25) is 5.02 Å². The van der Waals surface area contributed by atoms with Gasteiger partial charge in [0.2, 0.25) is 0 Å². The molecule has 0 aliphatic rings. The summed E-state index contributed by atoms with van der Waals surface area (Å²) in [7, 11) is 0. The fraction of sp³-hybridized carbons (Fsp3) is 0.182. The van der Waals surface area contributed by atoms with E-state index in [2.05, 4.69) is 15.6 Å². The molecule has 0 aliphatic heterocycles. The zero-order valence-corrected chi connectivity index (χ0v) is 16.5. The monoisotopic (exact) mass is 395 g/mol. The van der Waals surface area contributed by atoms with Crippen LogP contribution in [0.3, 0.4) is 0 Å². The molecule has 0 radical (unpaired) electrons. The van der Waals surface area contributed by atoms with E-state index < -0.39 is 0 Å². The highest BCUT2D eigenvalue weighted by atomic mass is 35.5. The molecule has 3 rings (SSSR count). The van der Waals surface area contributed by atoms with Gasteiger partial charge in [-0.15, -0.1) is 0 Å². The first-order valence-corrected chi connectivity index (χ1v) is 9.41. The first-order chi connectivity index (χ1) is 13.5. The molecule has 0 aliphatic carbocycles. The second kappa shape index (κ2) is 9.24. The fourth-order valence-corrected chi connectivity index (χ4v) is 2.78. The van der Waals surface area contributed by atoms with Crippen LogP contribution >= 0.6 is 11.6 Å². The largest absolute Gasteiger partial charge is 0.489 e. The maximum Gasteiger partial charge on any atom is 0.257 e. The zero-order chi connectivity index (χ0) is 19.9. The molecule has 28 heavy (non-hydrogen) atoms. The van der Waals surface area contributed by atoms with Crippen LogP contribution < -0.4 is 15.4 Å². The van der Waals surface area contributed by atoms with Crippen molar-refractivity contribution in [3.63, 3.8) is 0 Å². The minimum absolute atomic E-state index is 0.0168. The molecule has 1 amide bonds. The van der Waals surface area contributed by atoms with Gasteiger partial charge in [0.15, 0.2) is 0 Å². The number of nitrogens with zero attached hydrogens (tertiary/aromatic N) is 1. The standard InChI is InChI=1S/C22H22ClN3O2/c1-15(2)28-20-10-6-5-9-19(20)26-22(27)17-11-12-21(25-14-17)24-13-16-7-3-4-8-18(16)23/h3-12,14-15H,13H2,1-2H3,(H,24,25)(H,26,27). The SMILES string of the molecule is CC(C)Oc1ccccc1NC(=O)c1ccc(NCc2ccccc2Cl)nc1. The number of ether oxygens (including phenoxy) is 1. The zero-order valence-electron chi connectivity index (χ0n) is 15.8. The van der Waals surface area contributed by atoms with E-state index in [1.54, 1.807) is 12.1 Å². The van der Waals surface area contributed by atoms with E-state index in [1.165, 1.54) is 6.20 Å². The summed E-state index contributed by atoms with van der Waals surface area (Å²) < 4.78 is 5.73. The van der Waals surface area contributed by atoms with E-state index in [0.717, 1.165) is 5.56 Å². The van der Waals surface area contributed by atoms with Crippen molar-refractivity contribution in [2.45, 2.75) is 26.5 Å². The molecule has 3 aromatic rings. The van der Waals surface area contributed by atoms with Gasteiger partial charge >= 0.3 is 0 Å². The summed E-state index contributed by atoms with van der Waals surface area (Å²) in [5.74, 6) is 1.06. The molecule has 0 saturated heterocycles. The maximum absolute atomic E-state index is 12.5. The Bertz CT molecular complexity index is 943. The number of anilines is 2. The van der Waals surface area contributed by atoms with Crippen molar-refractivity contribution in [1.82, 2.24) is 4.98 Å². The summed E-state index contributed by atoms with van der Waals surface area (Å²) in [4.78, 5) is 16.9. The summed E-state index contributed by atoms with van der Waals surface area (Å²) in [5.41, 5.74) is 2.07. The molecule has 0 fully saturated rings. The van der Waals surface area contributed by atoms with Crippen LogP contribution in [0, 0.1) is 0 Å². The molecule has 1 aromatic heterocycles. The Morgan fingerprint density at radius 3 is 2.54 bits per heavy atom. The predicted octanol–water partition coefficient (Wildman–Crippen LogP) is 5.39. The summed E-state index contributed by atoms with van der Waals surface area (Å²) in [5, 5.41) is 6.78. The number of amides is 1. The number of carbonyl (C=O) groups is 1. The molecule has 144 valence electrons. The maximum atomic E-state index is 12.5. The average molecular weight is 396 g/mol. The molecule has 5 nitrogen and oxygen atoms in total. The lowest BCUT2D eigenvalue weighted by atomic mass is 10.2. The van der Waals surface area contributed by atoms with Crippen molar-refractivity contribution in [2.24, 2.45) is 0 Å². The van der Waals surface area contributed by atoms with E-state index in [4.69, 9.17) is 16.3 Å². The van der Waals surface area contributed by atoms with Gasteiger partial charge in [0.05, 0.1) is 17.4 Å². The van der Waals surface area contributed by atoms with Gasteiger partial charge in [-0.05, 0) is 49.7 Å². The minimum Gasteiger partial charge on any atom is -0.489 e. The number of hydrogen-bond acceptors (Lipinski definition) is 4. The number of halogens is 1. The Morgan fingerprint density at radius 1 is 1.07 bits per heavy atom. The Kier molecular flexibility index (Phi) is 6.50. The van der Waals surface area contributed by atoms with Gasteiger partial charge in [-0.2, -0.15) is 0 Å². The molecule has 6 heteroatoms. The third-order valence-corrected chi connectivity index (χ3v) is 4.31. The van der Waals surface area contributed by atoms with E-state index >= 15 is 0 Å². The van der Waals surface area contributed by atoms with Gasteiger partial charge in [0.1, 0.15) is 11.6 Å². The van der Waals surface area contributed by atoms with Crippen molar-refractivity contribution in [1.29, 1.82) is 0 Å². The Balaban J connectivity index is 1.63. The minimum atomic E-state index is -0.245. The van der Waals surface area contributed by atoms with Gasteiger partial charge in [-0.1, -0.05) is 41.9 Å². The molecule has 2 aromatic carbocycles. The number of benzene rings is 2. The van der Waals surface area contributed by atoms with Gasteiger partial charge in [0, 0.05) is 17.8 Å². The Hall–Kier alpha value is -3.05. The summed E-state index contributed by atoms with van der Waals surface area (Å²) in [6, 6.07) is 18.5. The summed E-state index contributed by atoms with van der Waals surface area (Å²) >= 11 is 6.15. The Labute approximate surface area is 169 Å². The quantitative estimate of drug-likeness (QED) is 0.563. The van der Waals surface area contributed by atoms with E-state index in [9.17, 15) is 4.79 Å². The van der Waals surface area contributed by atoms with Gasteiger partial charge in [-0.25, -0.2) is 4.98 Å². The van der Waals surface area contributed by atoms with Crippen molar-refractivity contribution in [3.8, 4) is 5.75 Å². The average Bonchev–Trinajstić information content (AvgIpc) is 2.69. The number of aromatic nitrogens is 1. The number of hydrogen-bond donors (Lipinski definition) is 2. The molecular weight excluding hydrogens is 374 g/mol.